The van der Waals surface area contributed by atoms with Crippen LogP contribution in [0.2, 0.25) is 0 Å². The lowest BCUT2D eigenvalue weighted by Gasteiger charge is -2.14. The Morgan fingerprint density at radius 2 is 2.14 bits per heavy atom. The molecule has 0 aliphatic carbocycles. The van der Waals surface area contributed by atoms with Gasteiger partial charge >= 0.3 is 0 Å². The molecule has 0 aromatic carbocycles. The van der Waals surface area contributed by atoms with Crippen LogP contribution >= 0.6 is 0 Å². The third-order valence-electron chi connectivity index (χ3n) is 1.98. The number of anilines is 1. The van der Waals surface area contributed by atoms with Gasteiger partial charge in [-0.2, -0.15) is 5.10 Å². The molecule has 0 saturated heterocycles. The standard InChI is InChI=1S/C8H15N5O/c1-5-6(7(9)11-14)8(12(2)3)13(4)10-5/h14H,1-4H3,(H2,9,11). The van der Waals surface area contributed by atoms with Gasteiger partial charge in [-0.3, -0.25) is 4.68 Å². The molecule has 1 heterocycles. The monoisotopic (exact) mass is 197 g/mol. The van der Waals surface area contributed by atoms with Crippen LogP contribution in [0.4, 0.5) is 5.82 Å². The summed E-state index contributed by atoms with van der Waals surface area (Å²) in [5.74, 6) is 0.900. The van der Waals surface area contributed by atoms with Crippen molar-refractivity contribution in [1.29, 1.82) is 0 Å². The Morgan fingerprint density at radius 3 is 2.57 bits per heavy atom. The van der Waals surface area contributed by atoms with Gasteiger partial charge in [0.05, 0.1) is 11.3 Å². The van der Waals surface area contributed by atoms with Gasteiger partial charge in [0.2, 0.25) is 0 Å². The third-order valence-corrected chi connectivity index (χ3v) is 1.98. The van der Waals surface area contributed by atoms with Crippen molar-refractivity contribution in [3.8, 4) is 0 Å². The minimum atomic E-state index is 0.0827. The summed E-state index contributed by atoms with van der Waals surface area (Å²) in [5, 5.41) is 15.8. The topological polar surface area (TPSA) is 79.7 Å². The highest BCUT2D eigenvalue weighted by atomic mass is 16.4. The van der Waals surface area contributed by atoms with E-state index in [1.54, 1.807) is 4.68 Å². The van der Waals surface area contributed by atoms with Crippen LogP contribution in [0.25, 0.3) is 0 Å². The molecule has 0 amide bonds. The number of aryl methyl sites for hydroxylation is 2. The van der Waals surface area contributed by atoms with Gasteiger partial charge in [-0.05, 0) is 6.92 Å². The van der Waals surface area contributed by atoms with Gasteiger partial charge in [-0.15, -0.1) is 0 Å². The van der Waals surface area contributed by atoms with E-state index in [1.165, 1.54) is 0 Å². The summed E-state index contributed by atoms with van der Waals surface area (Å²) in [6.07, 6.45) is 0. The van der Waals surface area contributed by atoms with E-state index in [2.05, 4.69) is 10.3 Å². The molecule has 3 N–H and O–H groups in total. The summed E-state index contributed by atoms with van der Waals surface area (Å²) in [6.45, 7) is 1.82. The molecule has 6 heteroatoms. The lowest BCUT2D eigenvalue weighted by Crippen LogP contribution is -2.21. The molecular weight excluding hydrogens is 182 g/mol. The van der Waals surface area contributed by atoms with Crippen molar-refractivity contribution in [2.75, 3.05) is 19.0 Å². The first kappa shape index (κ1) is 10.4. The lowest BCUT2D eigenvalue weighted by atomic mass is 10.2. The van der Waals surface area contributed by atoms with Crippen molar-refractivity contribution in [2.45, 2.75) is 6.92 Å². The second-order valence-corrected chi connectivity index (χ2v) is 3.29. The minimum Gasteiger partial charge on any atom is -0.409 e. The van der Waals surface area contributed by atoms with E-state index >= 15 is 0 Å². The van der Waals surface area contributed by atoms with Crippen LogP contribution in [0, 0.1) is 6.92 Å². The van der Waals surface area contributed by atoms with Gasteiger partial charge in [0.15, 0.2) is 5.84 Å². The molecule has 0 radical (unpaired) electrons. The number of hydrogen-bond acceptors (Lipinski definition) is 4. The van der Waals surface area contributed by atoms with Crippen molar-refractivity contribution in [1.82, 2.24) is 9.78 Å². The number of nitrogens with zero attached hydrogens (tertiary/aromatic N) is 4. The molecule has 0 fully saturated rings. The zero-order valence-electron chi connectivity index (χ0n) is 8.81. The molecule has 0 unspecified atom stereocenters. The van der Waals surface area contributed by atoms with Crippen molar-refractivity contribution >= 4 is 11.7 Å². The van der Waals surface area contributed by atoms with Crippen LogP contribution in [0.3, 0.4) is 0 Å². The van der Waals surface area contributed by atoms with E-state index in [4.69, 9.17) is 10.9 Å². The highest BCUT2D eigenvalue weighted by Gasteiger charge is 2.18. The van der Waals surface area contributed by atoms with Crippen LogP contribution in [0.15, 0.2) is 5.16 Å². The van der Waals surface area contributed by atoms with Gasteiger partial charge in [-0.25, -0.2) is 0 Å². The largest absolute Gasteiger partial charge is 0.409 e. The fourth-order valence-corrected chi connectivity index (χ4v) is 1.51. The maximum atomic E-state index is 8.64. The van der Waals surface area contributed by atoms with Crippen LogP contribution in [0.1, 0.15) is 11.3 Å². The zero-order chi connectivity index (χ0) is 10.9. The van der Waals surface area contributed by atoms with Crippen molar-refractivity contribution in [2.24, 2.45) is 17.9 Å². The number of aromatic nitrogens is 2. The first-order valence-corrected chi connectivity index (χ1v) is 4.17. The molecule has 0 bridgehead atoms. The van der Waals surface area contributed by atoms with E-state index in [1.807, 2.05) is 33.0 Å². The number of oxime groups is 1. The van der Waals surface area contributed by atoms with E-state index < -0.39 is 0 Å². The highest BCUT2D eigenvalue weighted by molar-refractivity contribution is 6.02. The summed E-state index contributed by atoms with van der Waals surface area (Å²) in [7, 11) is 5.58. The number of nitrogens with two attached hydrogens (primary N) is 1. The van der Waals surface area contributed by atoms with Crippen LogP contribution in [-0.4, -0.2) is 34.9 Å². The Kier molecular flexibility index (Phi) is 2.64. The Bertz CT molecular complexity index is 366. The molecule has 1 aromatic heterocycles. The fraction of sp³-hybridized carbons (Fsp3) is 0.500. The summed E-state index contributed by atoms with van der Waals surface area (Å²) in [5.41, 5.74) is 6.98. The summed E-state index contributed by atoms with van der Waals surface area (Å²) in [6, 6.07) is 0. The van der Waals surface area contributed by atoms with Crippen LogP contribution in [-0.2, 0) is 7.05 Å². The molecule has 1 rings (SSSR count). The van der Waals surface area contributed by atoms with Gasteiger partial charge < -0.3 is 15.8 Å². The first-order chi connectivity index (χ1) is 6.49. The number of rotatable bonds is 2. The molecule has 1 aromatic rings. The Balaban J connectivity index is 3.40. The van der Waals surface area contributed by atoms with Gasteiger partial charge in [0.1, 0.15) is 5.82 Å². The maximum absolute atomic E-state index is 8.64. The average molecular weight is 197 g/mol. The van der Waals surface area contributed by atoms with Crippen molar-refractivity contribution < 1.29 is 5.21 Å². The van der Waals surface area contributed by atoms with Gasteiger partial charge in [0.25, 0.3) is 0 Å². The van der Waals surface area contributed by atoms with E-state index in [0.717, 1.165) is 11.5 Å². The lowest BCUT2D eigenvalue weighted by molar-refractivity contribution is 0.318. The molecule has 6 nitrogen and oxygen atoms in total. The smallest absolute Gasteiger partial charge is 0.175 e. The van der Waals surface area contributed by atoms with E-state index in [9.17, 15) is 0 Å². The molecule has 0 aliphatic heterocycles. The Hall–Kier alpha value is -1.72. The zero-order valence-corrected chi connectivity index (χ0v) is 8.81. The Labute approximate surface area is 82.6 Å². The molecule has 0 aliphatic rings. The molecule has 0 spiro atoms. The van der Waals surface area contributed by atoms with Gasteiger partial charge in [0, 0.05) is 21.1 Å². The van der Waals surface area contributed by atoms with E-state index in [-0.39, 0.29) is 5.84 Å². The SMILES string of the molecule is Cc1nn(C)c(N(C)C)c1C(N)=NO. The predicted octanol–water partition coefficient (Wildman–Crippen LogP) is -0.111. The molecule has 14 heavy (non-hydrogen) atoms. The summed E-state index contributed by atoms with van der Waals surface area (Å²) in [4.78, 5) is 1.87. The second-order valence-electron chi connectivity index (χ2n) is 3.29. The molecule has 0 atom stereocenters. The quantitative estimate of drug-likeness (QED) is 0.300. The minimum absolute atomic E-state index is 0.0827. The third kappa shape index (κ3) is 1.50. The molecule has 0 saturated carbocycles. The number of hydrogen-bond donors (Lipinski definition) is 2. The Morgan fingerprint density at radius 1 is 1.57 bits per heavy atom. The highest BCUT2D eigenvalue weighted by Crippen LogP contribution is 2.20. The average Bonchev–Trinajstić information content (AvgIpc) is 2.39. The second kappa shape index (κ2) is 3.57. The maximum Gasteiger partial charge on any atom is 0.175 e. The summed E-state index contributed by atoms with van der Waals surface area (Å²) < 4.78 is 1.70. The summed E-state index contributed by atoms with van der Waals surface area (Å²) >= 11 is 0. The van der Waals surface area contributed by atoms with Crippen molar-refractivity contribution in [3.05, 3.63) is 11.3 Å². The predicted molar refractivity (Wildman–Crippen MR) is 54.8 cm³/mol. The molecule has 78 valence electrons. The first-order valence-electron chi connectivity index (χ1n) is 4.17. The molecular formula is C8H15N5O. The van der Waals surface area contributed by atoms with Crippen LogP contribution in [0.5, 0.6) is 0 Å². The van der Waals surface area contributed by atoms with Crippen LogP contribution < -0.4 is 10.6 Å². The fourth-order valence-electron chi connectivity index (χ4n) is 1.51. The normalized spacial score (nSPS) is 11.9. The number of amidine groups is 1. The van der Waals surface area contributed by atoms with Crippen molar-refractivity contribution in [3.63, 3.8) is 0 Å². The van der Waals surface area contributed by atoms with Gasteiger partial charge in [-0.1, -0.05) is 5.16 Å². The van der Waals surface area contributed by atoms with E-state index in [0.29, 0.717) is 5.56 Å².